The number of hydrogen-bond donors (Lipinski definition) is 2. The maximum Gasteiger partial charge on any atom is 0.305 e. The number of aliphatic imine (C=N–C) groups is 1. The van der Waals surface area contributed by atoms with Gasteiger partial charge < -0.3 is 20.3 Å². The van der Waals surface area contributed by atoms with Gasteiger partial charge >= 0.3 is 5.97 Å². The summed E-state index contributed by atoms with van der Waals surface area (Å²) in [6.07, 6.45) is 6.59. The second-order valence-corrected chi connectivity index (χ2v) is 5.50. The van der Waals surface area contributed by atoms with Crippen molar-refractivity contribution in [3.8, 4) is 11.6 Å². The number of carboxylic acids is 1. The molecule has 9 heteroatoms. The molecule has 0 amide bonds. The minimum atomic E-state index is -0.916. The molecule has 2 heterocycles. The number of hydrogen-bond acceptors (Lipinski definition) is 8. The van der Waals surface area contributed by atoms with E-state index in [4.69, 9.17) is 20.3 Å². The standard InChI is InChI=1S/C19H20N4O5/c1-27-17-9-14(11-24)16(10-23-17)28-12-13-3-2-6-22-19(13)15(20)4-7-21-8-5-18(25)26/h2-4,6-7,9-11H,5,8,12,20H2,1H3,(H,25,26)/b15-4-,21-7?. The van der Waals surface area contributed by atoms with Crippen LogP contribution in [0.2, 0.25) is 0 Å². The lowest BCUT2D eigenvalue weighted by atomic mass is 10.1. The summed E-state index contributed by atoms with van der Waals surface area (Å²) in [4.78, 5) is 33.9. The molecule has 9 nitrogen and oxygen atoms in total. The van der Waals surface area contributed by atoms with Crippen LogP contribution in [0.4, 0.5) is 0 Å². The molecule has 0 fully saturated rings. The van der Waals surface area contributed by atoms with Crippen molar-refractivity contribution >= 4 is 24.2 Å². The maximum atomic E-state index is 11.2. The topological polar surface area (TPSA) is 137 Å². The SMILES string of the molecule is COc1cc(C=O)c(OCc2cccnc2/C(N)=C/C=NCCC(=O)O)cn1. The van der Waals surface area contributed by atoms with Gasteiger partial charge in [-0.15, -0.1) is 0 Å². The van der Waals surface area contributed by atoms with Gasteiger partial charge in [0.1, 0.15) is 12.4 Å². The average molecular weight is 384 g/mol. The van der Waals surface area contributed by atoms with Crippen LogP contribution in [0.25, 0.3) is 5.70 Å². The number of rotatable bonds is 10. The van der Waals surface area contributed by atoms with E-state index in [1.54, 1.807) is 24.4 Å². The quantitative estimate of drug-likeness (QED) is 0.467. The molecule has 0 spiro atoms. The van der Waals surface area contributed by atoms with Gasteiger partial charge in [-0.2, -0.15) is 0 Å². The molecule has 2 rings (SSSR count). The predicted molar refractivity (Wildman–Crippen MR) is 103 cm³/mol. The third-order valence-electron chi connectivity index (χ3n) is 3.57. The Morgan fingerprint density at radius 3 is 2.93 bits per heavy atom. The Hall–Kier alpha value is -3.75. The monoisotopic (exact) mass is 384 g/mol. The molecule has 0 atom stereocenters. The smallest absolute Gasteiger partial charge is 0.305 e. The molecule has 0 unspecified atom stereocenters. The minimum Gasteiger partial charge on any atom is -0.486 e. The van der Waals surface area contributed by atoms with E-state index in [9.17, 15) is 9.59 Å². The predicted octanol–water partition coefficient (Wildman–Crippen LogP) is 1.72. The first-order valence-electron chi connectivity index (χ1n) is 8.28. The number of aromatic nitrogens is 2. The number of nitrogens with two attached hydrogens (primary N) is 1. The molecule has 0 aliphatic heterocycles. The minimum absolute atomic E-state index is 0.0537. The Labute approximate surface area is 161 Å². The Bertz CT molecular complexity index is 896. The van der Waals surface area contributed by atoms with E-state index in [0.29, 0.717) is 40.4 Å². The van der Waals surface area contributed by atoms with Crippen LogP contribution in [0.15, 0.2) is 41.7 Å². The Balaban J connectivity index is 2.12. The van der Waals surface area contributed by atoms with Crippen LogP contribution in [-0.4, -0.2) is 47.2 Å². The van der Waals surface area contributed by atoms with E-state index in [1.807, 2.05) is 0 Å². The maximum absolute atomic E-state index is 11.2. The first-order chi connectivity index (χ1) is 13.5. The molecular formula is C19H20N4O5. The molecule has 146 valence electrons. The van der Waals surface area contributed by atoms with E-state index in [1.165, 1.54) is 25.6 Å². The first kappa shape index (κ1) is 20.6. The number of carboxylic acid groups (broad SMARTS) is 1. The van der Waals surface area contributed by atoms with Gasteiger partial charge in [0.25, 0.3) is 0 Å². The number of methoxy groups -OCH3 is 1. The van der Waals surface area contributed by atoms with Crippen molar-refractivity contribution in [1.29, 1.82) is 0 Å². The molecule has 3 N–H and O–H groups in total. The highest BCUT2D eigenvalue weighted by Crippen LogP contribution is 2.22. The summed E-state index contributed by atoms with van der Waals surface area (Å²) in [6.45, 7) is 0.277. The van der Waals surface area contributed by atoms with Crippen LogP contribution in [0.5, 0.6) is 11.6 Å². The van der Waals surface area contributed by atoms with Crippen molar-refractivity contribution in [2.45, 2.75) is 13.0 Å². The Kier molecular flexibility index (Phi) is 7.64. The van der Waals surface area contributed by atoms with Crippen LogP contribution in [-0.2, 0) is 11.4 Å². The lowest BCUT2D eigenvalue weighted by molar-refractivity contribution is -0.136. The fourth-order valence-electron chi connectivity index (χ4n) is 2.18. The summed E-state index contributed by atoms with van der Waals surface area (Å²) in [5.74, 6) is -0.296. The number of allylic oxidation sites excluding steroid dienone is 1. The molecule has 0 aliphatic carbocycles. The molecule has 2 aromatic heterocycles. The van der Waals surface area contributed by atoms with Gasteiger partial charge in [0, 0.05) is 30.6 Å². The fraction of sp³-hybridized carbons (Fsp3) is 0.211. The van der Waals surface area contributed by atoms with Crippen LogP contribution in [0.1, 0.15) is 28.0 Å². The van der Waals surface area contributed by atoms with Gasteiger partial charge in [0.05, 0.1) is 36.7 Å². The van der Waals surface area contributed by atoms with E-state index < -0.39 is 5.97 Å². The number of carbonyl (C=O) groups excluding carboxylic acids is 1. The zero-order chi connectivity index (χ0) is 20.4. The molecule has 0 saturated carbocycles. The highest BCUT2D eigenvalue weighted by molar-refractivity contribution is 5.83. The third kappa shape index (κ3) is 5.90. The van der Waals surface area contributed by atoms with Crippen LogP contribution in [0, 0.1) is 0 Å². The normalized spacial score (nSPS) is 11.4. The number of carbonyl (C=O) groups is 2. The molecular weight excluding hydrogens is 364 g/mol. The highest BCUT2D eigenvalue weighted by atomic mass is 16.5. The van der Waals surface area contributed by atoms with Crippen molar-refractivity contribution < 1.29 is 24.2 Å². The summed E-state index contributed by atoms with van der Waals surface area (Å²) in [5, 5.41) is 8.58. The molecule has 0 saturated heterocycles. The van der Waals surface area contributed by atoms with Crippen molar-refractivity contribution in [1.82, 2.24) is 9.97 Å². The van der Waals surface area contributed by atoms with Crippen molar-refractivity contribution in [3.63, 3.8) is 0 Å². The Morgan fingerprint density at radius 2 is 2.21 bits per heavy atom. The zero-order valence-corrected chi connectivity index (χ0v) is 15.2. The molecule has 2 aromatic rings. The lowest BCUT2D eigenvalue weighted by Crippen LogP contribution is -2.07. The van der Waals surface area contributed by atoms with Crippen molar-refractivity contribution in [3.05, 3.63) is 53.5 Å². The number of ether oxygens (including phenoxy) is 2. The van der Waals surface area contributed by atoms with E-state index in [2.05, 4.69) is 15.0 Å². The molecule has 0 radical (unpaired) electrons. The third-order valence-corrected chi connectivity index (χ3v) is 3.57. The van der Waals surface area contributed by atoms with Crippen LogP contribution in [0.3, 0.4) is 0 Å². The first-order valence-corrected chi connectivity index (χ1v) is 8.28. The molecule has 0 bridgehead atoms. The summed E-state index contributed by atoms with van der Waals surface area (Å²) >= 11 is 0. The molecule has 0 aromatic carbocycles. The lowest BCUT2D eigenvalue weighted by Gasteiger charge is -2.12. The summed E-state index contributed by atoms with van der Waals surface area (Å²) in [5.41, 5.74) is 7.91. The van der Waals surface area contributed by atoms with Crippen LogP contribution < -0.4 is 15.2 Å². The number of aliphatic carboxylic acids is 1. The fourth-order valence-corrected chi connectivity index (χ4v) is 2.18. The summed E-state index contributed by atoms with van der Waals surface area (Å²) in [7, 11) is 1.46. The van der Waals surface area contributed by atoms with Gasteiger partial charge in [-0.05, 0) is 12.1 Å². The van der Waals surface area contributed by atoms with E-state index in [-0.39, 0.29) is 19.6 Å². The molecule has 0 aliphatic rings. The number of pyridine rings is 2. The average Bonchev–Trinajstić information content (AvgIpc) is 2.71. The van der Waals surface area contributed by atoms with E-state index >= 15 is 0 Å². The highest BCUT2D eigenvalue weighted by Gasteiger charge is 2.10. The van der Waals surface area contributed by atoms with Crippen LogP contribution >= 0.6 is 0 Å². The number of nitrogens with zero attached hydrogens (tertiary/aromatic N) is 3. The second kappa shape index (κ2) is 10.4. The van der Waals surface area contributed by atoms with Crippen molar-refractivity contribution in [2.24, 2.45) is 10.7 Å². The second-order valence-electron chi connectivity index (χ2n) is 5.50. The Morgan fingerprint density at radius 1 is 1.39 bits per heavy atom. The van der Waals surface area contributed by atoms with Crippen molar-refractivity contribution in [2.75, 3.05) is 13.7 Å². The number of aldehydes is 1. The van der Waals surface area contributed by atoms with Gasteiger partial charge in [0.15, 0.2) is 6.29 Å². The van der Waals surface area contributed by atoms with Gasteiger partial charge in [-0.1, -0.05) is 6.07 Å². The molecule has 28 heavy (non-hydrogen) atoms. The van der Waals surface area contributed by atoms with Gasteiger partial charge in [-0.3, -0.25) is 19.6 Å². The van der Waals surface area contributed by atoms with Gasteiger partial charge in [0.2, 0.25) is 5.88 Å². The van der Waals surface area contributed by atoms with E-state index in [0.717, 1.165) is 0 Å². The summed E-state index contributed by atoms with van der Waals surface area (Å²) in [6, 6.07) is 5.01. The zero-order valence-electron chi connectivity index (χ0n) is 15.2. The summed E-state index contributed by atoms with van der Waals surface area (Å²) < 4.78 is 10.7. The van der Waals surface area contributed by atoms with Gasteiger partial charge in [-0.25, -0.2) is 4.98 Å². The largest absolute Gasteiger partial charge is 0.486 e.